The SMILES string of the molecule is Cc1ccc(C=Nc2ccc(-c3ccc([N+](=O)[O-])cc3)cc2)o1. The molecule has 5 heteroatoms. The van der Waals surface area contributed by atoms with Crippen LogP contribution in [0.1, 0.15) is 11.5 Å². The Labute approximate surface area is 133 Å². The van der Waals surface area contributed by atoms with Crippen LogP contribution in [0.4, 0.5) is 11.4 Å². The third-order valence-corrected chi connectivity index (χ3v) is 3.38. The van der Waals surface area contributed by atoms with Crippen LogP contribution in [-0.4, -0.2) is 11.1 Å². The average Bonchev–Trinajstić information content (AvgIpc) is 2.99. The molecule has 0 radical (unpaired) electrons. The van der Waals surface area contributed by atoms with Crippen molar-refractivity contribution in [3.05, 3.63) is 82.3 Å². The minimum Gasteiger partial charge on any atom is -0.460 e. The van der Waals surface area contributed by atoms with E-state index in [2.05, 4.69) is 4.99 Å². The molecule has 114 valence electrons. The largest absolute Gasteiger partial charge is 0.460 e. The second kappa shape index (κ2) is 6.27. The fourth-order valence-electron chi connectivity index (χ4n) is 2.18. The molecule has 0 aliphatic rings. The normalized spacial score (nSPS) is 11.0. The molecule has 0 amide bonds. The molecule has 1 aromatic heterocycles. The van der Waals surface area contributed by atoms with E-state index in [1.807, 2.05) is 43.3 Å². The van der Waals surface area contributed by atoms with Crippen LogP contribution in [-0.2, 0) is 0 Å². The third-order valence-electron chi connectivity index (χ3n) is 3.38. The Morgan fingerprint density at radius 1 is 0.957 bits per heavy atom. The van der Waals surface area contributed by atoms with Crippen LogP contribution in [0.5, 0.6) is 0 Å². The van der Waals surface area contributed by atoms with E-state index in [0.29, 0.717) is 5.76 Å². The van der Waals surface area contributed by atoms with Gasteiger partial charge in [-0.1, -0.05) is 12.1 Å². The molecule has 2 aromatic carbocycles. The maximum Gasteiger partial charge on any atom is 0.269 e. The van der Waals surface area contributed by atoms with E-state index in [-0.39, 0.29) is 5.69 Å². The van der Waals surface area contributed by atoms with Crippen molar-refractivity contribution in [3.8, 4) is 11.1 Å². The lowest BCUT2D eigenvalue weighted by Gasteiger charge is -2.02. The van der Waals surface area contributed by atoms with Crippen molar-refractivity contribution in [1.29, 1.82) is 0 Å². The standard InChI is InChI=1S/C18H14N2O3/c1-13-2-11-18(23-13)12-19-16-7-3-14(4-8-16)15-5-9-17(10-6-15)20(21)22/h2-12H,1H3. The van der Waals surface area contributed by atoms with Crippen molar-refractivity contribution in [2.45, 2.75) is 6.92 Å². The Kier molecular flexibility index (Phi) is 4.01. The van der Waals surface area contributed by atoms with Gasteiger partial charge < -0.3 is 4.42 Å². The maximum absolute atomic E-state index is 10.7. The van der Waals surface area contributed by atoms with E-state index in [1.54, 1.807) is 18.3 Å². The molecule has 0 atom stereocenters. The van der Waals surface area contributed by atoms with E-state index in [9.17, 15) is 10.1 Å². The van der Waals surface area contributed by atoms with Gasteiger partial charge in [-0.2, -0.15) is 0 Å². The van der Waals surface area contributed by atoms with Crippen molar-refractivity contribution in [3.63, 3.8) is 0 Å². The number of non-ortho nitro benzene ring substituents is 1. The molecule has 23 heavy (non-hydrogen) atoms. The zero-order chi connectivity index (χ0) is 16.2. The second-order valence-corrected chi connectivity index (χ2v) is 5.06. The van der Waals surface area contributed by atoms with Gasteiger partial charge in [-0.3, -0.25) is 15.1 Å². The number of nitro groups is 1. The summed E-state index contributed by atoms with van der Waals surface area (Å²) in [5.74, 6) is 1.56. The summed E-state index contributed by atoms with van der Waals surface area (Å²) in [5.41, 5.74) is 2.80. The first-order valence-electron chi connectivity index (χ1n) is 7.07. The molecule has 0 aliphatic carbocycles. The van der Waals surface area contributed by atoms with Gasteiger partial charge >= 0.3 is 0 Å². The predicted molar refractivity (Wildman–Crippen MR) is 89.2 cm³/mol. The van der Waals surface area contributed by atoms with Crippen LogP contribution < -0.4 is 0 Å². The van der Waals surface area contributed by atoms with E-state index in [0.717, 1.165) is 22.6 Å². The smallest absolute Gasteiger partial charge is 0.269 e. The number of hydrogen-bond acceptors (Lipinski definition) is 4. The number of aliphatic imine (C=N–C) groups is 1. The van der Waals surface area contributed by atoms with Crippen LogP contribution in [0.3, 0.4) is 0 Å². The van der Waals surface area contributed by atoms with Crippen molar-refractivity contribution in [2.75, 3.05) is 0 Å². The molecule has 5 nitrogen and oxygen atoms in total. The molecule has 0 aliphatic heterocycles. The van der Waals surface area contributed by atoms with E-state index < -0.39 is 4.92 Å². The lowest BCUT2D eigenvalue weighted by Crippen LogP contribution is -1.87. The summed E-state index contributed by atoms with van der Waals surface area (Å²) in [4.78, 5) is 14.6. The molecule has 0 saturated carbocycles. The summed E-state index contributed by atoms with van der Waals surface area (Å²) >= 11 is 0. The number of furan rings is 1. The molecular weight excluding hydrogens is 292 g/mol. The third kappa shape index (κ3) is 3.52. The topological polar surface area (TPSA) is 68.6 Å². The monoisotopic (exact) mass is 306 g/mol. The molecule has 0 spiro atoms. The van der Waals surface area contributed by atoms with Gasteiger partial charge in [0.1, 0.15) is 11.5 Å². The Bertz CT molecular complexity index is 847. The first kappa shape index (κ1) is 14.7. The molecule has 0 fully saturated rings. The van der Waals surface area contributed by atoms with Crippen molar-refractivity contribution in [2.24, 2.45) is 4.99 Å². The first-order chi connectivity index (χ1) is 11.1. The quantitative estimate of drug-likeness (QED) is 0.390. The highest BCUT2D eigenvalue weighted by Crippen LogP contribution is 2.24. The van der Waals surface area contributed by atoms with Gasteiger partial charge in [-0.15, -0.1) is 0 Å². The molecule has 0 N–H and O–H groups in total. The fraction of sp³-hybridized carbons (Fsp3) is 0.0556. The Morgan fingerprint density at radius 3 is 2.09 bits per heavy atom. The molecule has 0 unspecified atom stereocenters. The molecular formula is C18H14N2O3. The molecule has 3 aromatic rings. The number of rotatable bonds is 4. The lowest BCUT2D eigenvalue weighted by atomic mass is 10.1. The van der Waals surface area contributed by atoms with Gasteiger partial charge in [-0.05, 0) is 54.4 Å². The highest BCUT2D eigenvalue weighted by atomic mass is 16.6. The zero-order valence-corrected chi connectivity index (χ0v) is 12.5. The van der Waals surface area contributed by atoms with Crippen LogP contribution in [0, 0.1) is 17.0 Å². The van der Waals surface area contributed by atoms with Gasteiger partial charge in [0.2, 0.25) is 0 Å². The second-order valence-electron chi connectivity index (χ2n) is 5.06. The highest BCUT2D eigenvalue weighted by molar-refractivity contribution is 5.79. The van der Waals surface area contributed by atoms with E-state index >= 15 is 0 Å². The van der Waals surface area contributed by atoms with Crippen molar-refractivity contribution >= 4 is 17.6 Å². The summed E-state index contributed by atoms with van der Waals surface area (Å²) in [5, 5.41) is 10.7. The van der Waals surface area contributed by atoms with Gasteiger partial charge in [0.05, 0.1) is 16.8 Å². The number of nitrogens with zero attached hydrogens (tertiary/aromatic N) is 2. The predicted octanol–water partition coefficient (Wildman–Crippen LogP) is 4.91. The van der Waals surface area contributed by atoms with Gasteiger partial charge in [0, 0.05) is 12.1 Å². The first-order valence-corrected chi connectivity index (χ1v) is 7.07. The molecule has 1 heterocycles. The Hall–Kier alpha value is -3.21. The van der Waals surface area contributed by atoms with Gasteiger partial charge in [-0.25, -0.2) is 0 Å². The maximum atomic E-state index is 10.7. The molecule has 0 bridgehead atoms. The van der Waals surface area contributed by atoms with Crippen LogP contribution >= 0.6 is 0 Å². The summed E-state index contributed by atoms with van der Waals surface area (Å²) in [6.07, 6.45) is 1.67. The average molecular weight is 306 g/mol. The zero-order valence-electron chi connectivity index (χ0n) is 12.5. The summed E-state index contributed by atoms with van der Waals surface area (Å²) in [7, 11) is 0. The highest BCUT2D eigenvalue weighted by Gasteiger charge is 2.05. The molecule has 0 saturated heterocycles. The van der Waals surface area contributed by atoms with Gasteiger partial charge in [0.25, 0.3) is 5.69 Å². The Balaban J connectivity index is 1.76. The number of nitro benzene ring substituents is 1. The van der Waals surface area contributed by atoms with E-state index in [4.69, 9.17) is 4.42 Å². The van der Waals surface area contributed by atoms with Crippen LogP contribution in [0.2, 0.25) is 0 Å². The lowest BCUT2D eigenvalue weighted by molar-refractivity contribution is -0.384. The minimum atomic E-state index is -0.405. The van der Waals surface area contributed by atoms with Crippen LogP contribution in [0.25, 0.3) is 11.1 Å². The summed E-state index contributed by atoms with van der Waals surface area (Å²) in [6, 6.07) is 17.9. The number of benzene rings is 2. The minimum absolute atomic E-state index is 0.0868. The van der Waals surface area contributed by atoms with Crippen molar-refractivity contribution < 1.29 is 9.34 Å². The van der Waals surface area contributed by atoms with Crippen LogP contribution in [0.15, 0.2) is 70.1 Å². The van der Waals surface area contributed by atoms with E-state index in [1.165, 1.54) is 12.1 Å². The number of hydrogen-bond donors (Lipinski definition) is 0. The summed E-state index contributed by atoms with van der Waals surface area (Å²) in [6.45, 7) is 1.89. The number of aryl methyl sites for hydroxylation is 1. The molecule has 3 rings (SSSR count). The van der Waals surface area contributed by atoms with Crippen molar-refractivity contribution in [1.82, 2.24) is 0 Å². The van der Waals surface area contributed by atoms with Gasteiger partial charge in [0.15, 0.2) is 0 Å². The Morgan fingerprint density at radius 2 is 1.57 bits per heavy atom. The summed E-state index contributed by atoms with van der Waals surface area (Å²) < 4.78 is 5.42. The fourth-order valence-corrected chi connectivity index (χ4v) is 2.18.